The lowest BCUT2D eigenvalue weighted by molar-refractivity contribution is 0.122. The minimum absolute atomic E-state index is 0.133. The number of morpholine rings is 1. The maximum Gasteiger partial charge on any atom is 0.250 e. The number of fused-ring (bicyclic) bond motifs is 2. The van der Waals surface area contributed by atoms with Gasteiger partial charge in [0, 0.05) is 61.3 Å². The van der Waals surface area contributed by atoms with Crippen LogP contribution in [-0.2, 0) is 17.7 Å². The molecule has 0 amide bonds. The summed E-state index contributed by atoms with van der Waals surface area (Å²) in [5, 5.41) is 3.45. The van der Waals surface area contributed by atoms with E-state index in [9.17, 15) is 4.79 Å². The molecule has 2 aromatic carbocycles. The number of benzene rings is 2. The van der Waals surface area contributed by atoms with Crippen LogP contribution in [0, 0.1) is 0 Å². The van der Waals surface area contributed by atoms with E-state index < -0.39 is 0 Å². The molecule has 2 aromatic heterocycles. The lowest BCUT2D eigenvalue weighted by Crippen LogP contribution is -2.36. The molecule has 0 radical (unpaired) electrons. The Hall–Kier alpha value is -4.30. The maximum atomic E-state index is 12.6. The third-order valence-electron chi connectivity index (χ3n) is 6.75. The molecule has 0 unspecified atom stereocenters. The molecule has 4 aromatic rings. The number of para-hydroxylation sites is 1. The maximum absolute atomic E-state index is 12.6. The molecule has 0 saturated carbocycles. The van der Waals surface area contributed by atoms with Crippen LogP contribution in [0.15, 0.2) is 71.8 Å². The van der Waals surface area contributed by atoms with Crippen LogP contribution in [0.2, 0.25) is 0 Å². The minimum Gasteiger partial charge on any atom is -0.495 e. The molecule has 188 valence electrons. The Morgan fingerprint density at radius 3 is 2.81 bits per heavy atom. The molecule has 1 fully saturated rings. The average molecular weight is 497 g/mol. The largest absolute Gasteiger partial charge is 0.495 e. The molecule has 1 saturated heterocycles. The van der Waals surface area contributed by atoms with Crippen molar-refractivity contribution in [2.24, 2.45) is 0 Å². The van der Waals surface area contributed by atoms with Gasteiger partial charge in [0.1, 0.15) is 17.2 Å². The van der Waals surface area contributed by atoms with E-state index in [0.29, 0.717) is 19.8 Å². The number of rotatable bonds is 6. The van der Waals surface area contributed by atoms with E-state index >= 15 is 0 Å². The molecule has 37 heavy (non-hydrogen) atoms. The highest BCUT2D eigenvalue weighted by molar-refractivity contribution is 5.74. The fraction of sp³-hybridized carbons (Fsp3) is 0.241. The molecule has 0 aliphatic carbocycles. The van der Waals surface area contributed by atoms with Gasteiger partial charge < -0.3 is 29.4 Å². The predicted octanol–water partition coefficient (Wildman–Crippen LogP) is 4.59. The number of hydrogen-bond donors (Lipinski definition) is 2. The highest BCUT2D eigenvalue weighted by atomic mass is 16.5. The second-order valence-electron chi connectivity index (χ2n) is 9.20. The second-order valence-corrected chi connectivity index (χ2v) is 9.20. The Morgan fingerprint density at radius 1 is 1.05 bits per heavy atom. The van der Waals surface area contributed by atoms with Crippen molar-refractivity contribution in [3.05, 3.63) is 94.0 Å². The zero-order chi connectivity index (χ0) is 25.2. The van der Waals surface area contributed by atoms with E-state index in [4.69, 9.17) is 14.2 Å². The molecule has 8 heteroatoms. The Morgan fingerprint density at radius 2 is 1.95 bits per heavy atom. The van der Waals surface area contributed by atoms with Crippen LogP contribution in [-0.4, -0.2) is 43.4 Å². The summed E-state index contributed by atoms with van der Waals surface area (Å²) >= 11 is 0. The fourth-order valence-corrected chi connectivity index (χ4v) is 4.83. The number of pyridine rings is 2. The van der Waals surface area contributed by atoms with Crippen molar-refractivity contribution in [3.8, 4) is 28.5 Å². The molecule has 8 nitrogen and oxygen atoms in total. The monoisotopic (exact) mass is 496 g/mol. The first-order chi connectivity index (χ1) is 18.2. The van der Waals surface area contributed by atoms with Crippen molar-refractivity contribution in [1.82, 2.24) is 9.97 Å². The minimum atomic E-state index is -0.133. The van der Waals surface area contributed by atoms with E-state index in [2.05, 4.69) is 38.4 Å². The number of ether oxygens (including phenoxy) is 3. The second kappa shape index (κ2) is 9.99. The number of anilines is 2. The zero-order valence-corrected chi connectivity index (χ0v) is 20.6. The molecule has 2 aliphatic rings. The van der Waals surface area contributed by atoms with Gasteiger partial charge in [-0.25, -0.2) is 0 Å². The summed E-state index contributed by atoms with van der Waals surface area (Å²) in [5.74, 6) is 2.31. The van der Waals surface area contributed by atoms with Gasteiger partial charge in [-0.05, 0) is 41.0 Å². The Kier molecular flexibility index (Phi) is 6.24. The van der Waals surface area contributed by atoms with E-state index in [1.165, 1.54) is 0 Å². The van der Waals surface area contributed by atoms with Crippen LogP contribution in [0.5, 0.6) is 17.2 Å². The van der Waals surface area contributed by atoms with E-state index in [1.54, 1.807) is 19.4 Å². The predicted molar refractivity (Wildman–Crippen MR) is 143 cm³/mol. The van der Waals surface area contributed by atoms with Gasteiger partial charge in [-0.3, -0.25) is 9.78 Å². The first kappa shape index (κ1) is 23.1. The van der Waals surface area contributed by atoms with Gasteiger partial charge in [-0.15, -0.1) is 0 Å². The number of hydrogen-bond acceptors (Lipinski definition) is 7. The third kappa shape index (κ3) is 4.88. The van der Waals surface area contributed by atoms with Crippen molar-refractivity contribution in [3.63, 3.8) is 0 Å². The van der Waals surface area contributed by atoms with Crippen LogP contribution >= 0.6 is 0 Å². The molecule has 0 spiro atoms. The van der Waals surface area contributed by atoms with Crippen LogP contribution in [0.25, 0.3) is 11.3 Å². The highest BCUT2D eigenvalue weighted by Crippen LogP contribution is 2.43. The van der Waals surface area contributed by atoms with Crippen LogP contribution in [0.1, 0.15) is 16.7 Å². The van der Waals surface area contributed by atoms with Gasteiger partial charge in [0.2, 0.25) is 5.56 Å². The van der Waals surface area contributed by atoms with E-state index in [0.717, 1.165) is 76.1 Å². The Labute approximate surface area is 214 Å². The molecule has 0 bridgehead atoms. The van der Waals surface area contributed by atoms with Crippen LogP contribution in [0.4, 0.5) is 11.4 Å². The molecule has 2 aliphatic heterocycles. The Balaban J connectivity index is 1.27. The number of methoxy groups -OCH3 is 1. The Bertz CT molecular complexity index is 1490. The molecule has 6 rings (SSSR count). The van der Waals surface area contributed by atoms with Crippen molar-refractivity contribution in [1.29, 1.82) is 0 Å². The van der Waals surface area contributed by atoms with Crippen molar-refractivity contribution >= 4 is 11.4 Å². The summed E-state index contributed by atoms with van der Waals surface area (Å²) < 4.78 is 17.2. The van der Waals surface area contributed by atoms with Crippen LogP contribution in [0.3, 0.4) is 0 Å². The third-order valence-corrected chi connectivity index (χ3v) is 6.75. The first-order valence-corrected chi connectivity index (χ1v) is 12.4. The smallest absolute Gasteiger partial charge is 0.250 e. The lowest BCUT2D eigenvalue weighted by atomic mass is 9.96. The standard InChI is InChI=1S/C29H28N4O4/c1-35-24-11-19(16-30-18-24)17-31-22-6-5-20-12-21-3-2-4-25(29(21)37-27(20)13-22)26-14-23(15-28(34)32-26)33-7-9-36-10-8-33/h2-6,11,13-16,18,31H,7-10,12,17H2,1H3,(H,32,34). The first-order valence-electron chi connectivity index (χ1n) is 12.4. The fourth-order valence-electron chi connectivity index (χ4n) is 4.83. The number of nitrogens with zero attached hydrogens (tertiary/aromatic N) is 2. The summed E-state index contributed by atoms with van der Waals surface area (Å²) in [6.45, 7) is 3.46. The molecule has 4 heterocycles. The molecular weight excluding hydrogens is 468 g/mol. The summed E-state index contributed by atoms with van der Waals surface area (Å²) in [7, 11) is 1.63. The van der Waals surface area contributed by atoms with Crippen molar-refractivity contribution < 1.29 is 14.2 Å². The van der Waals surface area contributed by atoms with Gasteiger partial charge >= 0.3 is 0 Å². The number of aromatic amines is 1. The number of aromatic nitrogens is 2. The topological polar surface area (TPSA) is 88.7 Å². The van der Waals surface area contributed by atoms with E-state index in [-0.39, 0.29) is 5.56 Å². The van der Waals surface area contributed by atoms with Gasteiger partial charge in [0.05, 0.1) is 32.2 Å². The summed E-state index contributed by atoms with van der Waals surface area (Å²) in [6, 6.07) is 17.9. The van der Waals surface area contributed by atoms with Crippen molar-refractivity contribution in [2.45, 2.75) is 13.0 Å². The SMILES string of the molecule is COc1cncc(CNc2ccc3c(c2)Oc2c(cccc2-c2cc(N4CCOCC4)cc(=O)[nH]2)C3)c1. The highest BCUT2D eigenvalue weighted by Gasteiger charge is 2.22. The van der Waals surface area contributed by atoms with Gasteiger partial charge in [0.25, 0.3) is 0 Å². The molecule has 0 atom stereocenters. The molecular formula is C29H28N4O4. The van der Waals surface area contributed by atoms with Crippen molar-refractivity contribution in [2.75, 3.05) is 43.6 Å². The number of nitrogens with one attached hydrogen (secondary N) is 2. The van der Waals surface area contributed by atoms with Crippen LogP contribution < -0.4 is 25.2 Å². The average Bonchev–Trinajstić information content (AvgIpc) is 2.95. The van der Waals surface area contributed by atoms with Gasteiger partial charge in [-0.1, -0.05) is 18.2 Å². The van der Waals surface area contributed by atoms with E-state index in [1.807, 2.05) is 36.5 Å². The van der Waals surface area contributed by atoms with Gasteiger partial charge in [0.15, 0.2) is 0 Å². The zero-order valence-electron chi connectivity index (χ0n) is 20.6. The summed E-state index contributed by atoms with van der Waals surface area (Å²) in [6.07, 6.45) is 4.26. The number of H-pyrrole nitrogens is 1. The quantitative estimate of drug-likeness (QED) is 0.355. The lowest BCUT2D eigenvalue weighted by Gasteiger charge is -2.29. The summed E-state index contributed by atoms with van der Waals surface area (Å²) in [4.78, 5) is 22.0. The normalized spacial score (nSPS) is 14.4. The summed E-state index contributed by atoms with van der Waals surface area (Å²) in [5.41, 5.74) is 6.56. The van der Waals surface area contributed by atoms with Gasteiger partial charge in [-0.2, -0.15) is 0 Å². The molecule has 2 N–H and O–H groups in total.